The third kappa shape index (κ3) is 2.36. The molecule has 1 saturated carbocycles. The summed E-state index contributed by atoms with van der Waals surface area (Å²) in [6.07, 6.45) is 4.79. The van der Waals surface area contributed by atoms with Crippen LogP contribution in [-0.2, 0) is 0 Å². The van der Waals surface area contributed by atoms with Gasteiger partial charge in [0.25, 0.3) is 0 Å². The van der Waals surface area contributed by atoms with E-state index >= 15 is 0 Å². The molecule has 3 heteroatoms. The second kappa shape index (κ2) is 4.93. The van der Waals surface area contributed by atoms with Gasteiger partial charge < -0.3 is 0 Å². The Bertz CT molecular complexity index is 384. The van der Waals surface area contributed by atoms with E-state index in [0.717, 1.165) is 18.4 Å². The molecule has 0 amide bonds. The summed E-state index contributed by atoms with van der Waals surface area (Å²) in [5, 5.41) is 0.379. The lowest BCUT2D eigenvalue weighted by atomic mass is 9.96. The molecular weight excluding hydrogens is 246 g/mol. The summed E-state index contributed by atoms with van der Waals surface area (Å²) in [5.74, 6) is 0.230. The van der Waals surface area contributed by atoms with Gasteiger partial charge in [0.1, 0.15) is 5.82 Å². The van der Waals surface area contributed by atoms with Crippen LogP contribution in [0, 0.1) is 18.7 Å². The second-order valence-electron chi connectivity index (χ2n) is 4.57. The average molecular weight is 261 g/mol. The van der Waals surface area contributed by atoms with Crippen molar-refractivity contribution >= 4 is 23.2 Å². The fraction of sp³-hybridized carbons (Fsp3) is 0.538. The quantitative estimate of drug-likeness (QED) is 0.637. The van der Waals surface area contributed by atoms with Crippen molar-refractivity contribution in [1.82, 2.24) is 0 Å². The van der Waals surface area contributed by atoms with Gasteiger partial charge in [0.15, 0.2) is 0 Å². The molecule has 0 saturated heterocycles. The molecule has 1 unspecified atom stereocenters. The molecule has 0 radical (unpaired) electrons. The standard InChI is InChI=1S/C13H15Cl2F/c1-8-6-10(11(14)7-12(8)16)13(15)9-4-2-3-5-9/h6-7,9,13H,2-5H2,1H3. The van der Waals surface area contributed by atoms with Gasteiger partial charge in [-0.1, -0.05) is 30.5 Å². The van der Waals surface area contributed by atoms with Gasteiger partial charge in [-0.3, -0.25) is 0 Å². The van der Waals surface area contributed by atoms with Crippen LogP contribution in [0.25, 0.3) is 0 Å². The molecule has 0 aromatic heterocycles. The van der Waals surface area contributed by atoms with E-state index in [9.17, 15) is 4.39 Å². The van der Waals surface area contributed by atoms with Gasteiger partial charge in [-0.15, -0.1) is 11.6 Å². The van der Waals surface area contributed by atoms with Crippen LogP contribution in [0.4, 0.5) is 4.39 Å². The molecule has 0 nitrogen and oxygen atoms in total. The summed E-state index contributed by atoms with van der Waals surface area (Å²) in [6.45, 7) is 1.74. The summed E-state index contributed by atoms with van der Waals surface area (Å²) < 4.78 is 13.3. The molecule has 0 spiro atoms. The van der Waals surface area contributed by atoms with E-state index in [2.05, 4.69) is 0 Å². The van der Waals surface area contributed by atoms with Crippen LogP contribution in [0.3, 0.4) is 0 Å². The first-order chi connectivity index (χ1) is 7.59. The van der Waals surface area contributed by atoms with Gasteiger partial charge in [-0.25, -0.2) is 4.39 Å². The molecule has 1 aromatic carbocycles. The molecule has 88 valence electrons. The smallest absolute Gasteiger partial charge is 0.127 e. The Morgan fingerprint density at radius 1 is 1.31 bits per heavy atom. The van der Waals surface area contributed by atoms with Crippen molar-refractivity contribution in [2.75, 3.05) is 0 Å². The van der Waals surface area contributed by atoms with Crippen LogP contribution in [0.1, 0.15) is 42.2 Å². The van der Waals surface area contributed by atoms with Crippen LogP contribution in [-0.4, -0.2) is 0 Å². The van der Waals surface area contributed by atoms with E-state index in [4.69, 9.17) is 23.2 Å². The van der Waals surface area contributed by atoms with Gasteiger partial charge in [0.2, 0.25) is 0 Å². The fourth-order valence-electron chi connectivity index (χ4n) is 2.39. The zero-order chi connectivity index (χ0) is 11.7. The van der Waals surface area contributed by atoms with Crippen molar-refractivity contribution in [1.29, 1.82) is 0 Å². The minimum absolute atomic E-state index is 0.0747. The largest absolute Gasteiger partial charge is 0.207 e. The number of hydrogen-bond acceptors (Lipinski definition) is 0. The summed E-state index contributed by atoms with van der Waals surface area (Å²) >= 11 is 12.5. The number of benzene rings is 1. The number of alkyl halides is 1. The maximum absolute atomic E-state index is 13.3. The molecule has 1 aliphatic carbocycles. The van der Waals surface area contributed by atoms with E-state index in [1.807, 2.05) is 0 Å². The molecule has 0 aliphatic heterocycles. The maximum Gasteiger partial charge on any atom is 0.127 e. The highest BCUT2D eigenvalue weighted by Crippen LogP contribution is 2.42. The lowest BCUT2D eigenvalue weighted by Crippen LogP contribution is -2.05. The molecule has 0 N–H and O–H groups in total. The van der Waals surface area contributed by atoms with Crippen LogP contribution in [0.5, 0.6) is 0 Å². The van der Waals surface area contributed by atoms with Gasteiger partial charge >= 0.3 is 0 Å². The topological polar surface area (TPSA) is 0 Å². The van der Waals surface area contributed by atoms with Crippen molar-refractivity contribution in [3.8, 4) is 0 Å². The lowest BCUT2D eigenvalue weighted by Gasteiger charge is -2.19. The summed E-state index contributed by atoms with van der Waals surface area (Å²) in [4.78, 5) is 0. The van der Waals surface area contributed by atoms with Crippen LogP contribution in [0.15, 0.2) is 12.1 Å². The zero-order valence-electron chi connectivity index (χ0n) is 9.27. The Balaban J connectivity index is 2.28. The highest BCUT2D eigenvalue weighted by Gasteiger charge is 2.26. The normalized spacial score (nSPS) is 19.0. The van der Waals surface area contributed by atoms with Gasteiger partial charge in [0, 0.05) is 5.02 Å². The Kier molecular flexibility index (Phi) is 3.76. The minimum atomic E-state index is -0.260. The zero-order valence-corrected chi connectivity index (χ0v) is 10.8. The minimum Gasteiger partial charge on any atom is -0.207 e. The molecule has 1 aliphatic rings. The van der Waals surface area contributed by atoms with Gasteiger partial charge in [-0.2, -0.15) is 0 Å². The van der Waals surface area contributed by atoms with Crippen LogP contribution < -0.4 is 0 Å². The molecule has 1 fully saturated rings. The van der Waals surface area contributed by atoms with Crippen molar-refractivity contribution in [2.45, 2.75) is 38.0 Å². The molecule has 2 rings (SSSR count). The van der Waals surface area contributed by atoms with Gasteiger partial charge in [0.05, 0.1) is 5.38 Å². The number of rotatable bonds is 2. The molecule has 16 heavy (non-hydrogen) atoms. The van der Waals surface area contributed by atoms with E-state index in [1.54, 1.807) is 13.0 Å². The number of hydrogen-bond donors (Lipinski definition) is 0. The number of aryl methyl sites for hydroxylation is 1. The predicted molar refractivity (Wildman–Crippen MR) is 66.7 cm³/mol. The highest BCUT2D eigenvalue weighted by atomic mass is 35.5. The van der Waals surface area contributed by atoms with Gasteiger partial charge in [-0.05, 0) is 42.9 Å². The van der Waals surface area contributed by atoms with E-state index in [-0.39, 0.29) is 11.2 Å². The lowest BCUT2D eigenvalue weighted by molar-refractivity contribution is 0.527. The fourth-order valence-corrected chi connectivity index (χ4v) is 3.15. The van der Waals surface area contributed by atoms with Crippen LogP contribution >= 0.6 is 23.2 Å². The van der Waals surface area contributed by atoms with E-state index in [1.165, 1.54) is 18.9 Å². The first-order valence-corrected chi connectivity index (χ1v) is 6.50. The molecular formula is C13H15Cl2F. The van der Waals surface area contributed by atoms with E-state index in [0.29, 0.717) is 16.5 Å². The van der Waals surface area contributed by atoms with Crippen LogP contribution in [0.2, 0.25) is 5.02 Å². The Morgan fingerprint density at radius 2 is 1.94 bits per heavy atom. The summed E-state index contributed by atoms with van der Waals surface area (Å²) in [7, 11) is 0. The molecule has 0 heterocycles. The second-order valence-corrected chi connectivity index (χ2v) is 5.45. The third-order valence-corrected chi connectivity index (χ3v) is 4.31. The van der Waals surface area contributed by atoms with E-state index < -0.39 is 0 Å². The SMILES string of the molecule is Cc1cc(C(Cl)C2CCCC2)c(Cl)cc1F. The van der Waals surface area contributed by atoms with Crippen molar-refractivity contribution in [3.63, 3.8) is 0 Å². The first kappa shape index (κ1) is 12.2. The van der Waals surface area contributed by atoms with Crippen molar-refractivity contribution in [3.05, 3.63) is 34.1 Å². The van der Waals surface area contributed by atoms with Crippen molar-refractivity contribution in [2.24, 2.45) is 5.92 Å². The monoisotopic (exact) mass is 260 g/mol. The summed E-state index contributed by atoms with van der Waals surface area (Å²) in [6, 6.07) is 3.16. The maximum atomic E-state index is 13.3. The average Bonchev–Trinajstić information content (AvgIpc) is 2.75. The Morgan fingerprint density at radius 3 is 2.56 bits per heavy atom. The Labute approximate surface area is 106 Å². The highest BCUT2D eigenvalue weighted by molar-refractivity contribution is 6.32. The predicted octanol–water partition coefficient (Wildman–Crippen LogP) is 5.26. The number of halogens is 3. The van der Waals surface area contributed by atoms with Crippen molar-refractivity contribution < 1.29 is 4.39 Å². The summed E-state index contributed by atoms with van der Waals surface area (Å²) in [5.41, 5.74) is 1.50. The Hall–Kier alpha value is -0.270. The third-order valence-electron chi connectivity index (χ3n) is 3.39. The molecule has 1 aromatic rings. The molecule has 0 bridgehead atoms. The first-order valence-electron chi connectivity index (χ1n) is 5.69. The molecule has 1 atom stereocenters.